The zero-order chi connectivity index (χ0) is 14.6. The molecule has 0 aliphatic carbocycles. The molecule has 1 amide bonds. The Morgan fingerprint density at radius 3 is 2.50 bits per heavy atom. The fourth-order valence-corrected chi connectivity index (χ4v) is 3.13. The fraction of sp³-hybridized carbons (Fsp3) is 0.923. The second-order valence-electron chi connectivity index (χ2n) is 5.70. The monoisotopic (exact) mass is 294 g/mol. The van der Waals surface area contributed by atoms with Gasteiger partial charge in [0.15, 0.2) is 0 Å². The van der Waals surface area contributed by atoms with E-state index in [0.29, 0.717) is 24.4 Å². The molecule has 2 aliphatic heterocycles. The van der Waals surface area contributed by atoms with Gasteiger partial charge in [-0.15, -0.1) is 0 Å². The minimum absolute atomic E-state index is 0.0908. The van der Waals surface area contributed by atoms with E-state index >= 15 is 0 Å². The van der Waals surface area contributed by atoms with E-state index in [1.54, 1.807) is 0 Å². The number of alkyl halides is 3. The first-order valence-electron chi connectivity index (χ1n) is 7.09. The van der Waals surface area contributed by atoms with Crippen molar-refractivity contribution in [2.75, 3.05) is 19.8 Å². The molecule has 116 valence electrons. The lowest BCUT2D eigenvalue weighted by atomic mass is 9.89. The molecule has 2 rings (SSSR count). The van der Waals surface area contributed by atoms with Crippen LogP contribution in [0.25, 0.3) is 0 Å². The summed E-state index contributed by atoms with van der Waals surface area (Å²) in [5, 5.41) is 6.12. The Balaban J connectivity index is 1.54. The quantitative estimate of drug-likeness (QED) is 0.732. The van der Waals surface area contributed by atoms with Crippen molar-refractivity contribution in [3.05, 3.63) is 0 Å². The number of hydrogen-bond donors (Lipinski definition) is 2. The molecule has 0 aromatic heterocycles. The third kappa shape index (κ3) is 5.28. The number of amides is 1. The number of fused-ring (bicyclic) bond motifs is 2. The molecule has 0 aromatic carbocycles. The SMILES string of the molecule is O=C(CC1CC2CCC(C1)N2)NCCOCC(F)(F)F. The normalized spacial score (nSPS) is 29.4. The number of carbonyl (C=O) groups excluding carboxylic acids is 1. The van der Waals surface area contributed by atoms with E-state index in [4.69, 9.17) is 0 Å². The minimum Gasteiger partial charge on any atom is -0.370 e. The standard InChI is InChI=1S/C13H21F3N2O2/c14-13(15,16)8-20-4-3-17-12(19)7-9-5-10-1-2-11(6-9)18-10/h9-11,18H,1-8H2,(H,17,19). The van der Waals surface area contributed by atoms with Crippen LogP contribution in [-0.2, 0) is 9.53 Å². The third-order valence-electron chi connectivity index (χ3n) is 3.88. The predicted molar refractivity (Wildman–Crippen MR) is 67.2 cm³/mol. The molecule has 0 radical (unpaired) electrons. The second kappa shape index (κ2) is 6.76. The van der Waals surface area contributed by atoms with Gasteiger partial charge in [0.05, 0.1) is 6.61 Å². The predicted octanol–water partition coefficient (Wildman–Crippen LogP) is 1.60. The maximum atomic E-state index is 11.8. The van der Waals surface area contributed by atoms with Crippen LogP contribution in [0, 0.1) is 5.92 Å². The Hall–Kier alpha value is -0.820. The molecular formula is C13H21F3N2O2. The van der Waals surface area contributed by atoms with Crippen molar-refractivity contribution in [3.8, 4) is 0 Å². The van der Waals surface area contributed by atoms with Crippen LogP contribution in [0.4, 0.5) is 13.2 Å². The number of nitrogens with one attached hydrogen (secondary N) is 2. The Morgan fingerprint density at radius 1 is 1.25 bits per heavy atom. The van der Waals surface area contributed by atoms with Crippen LogP contribution < -0.4 is 10.6 Å². The first-order valence-corrected chi connectivity index (χ1v) is 7.09. The minimum atomic E-state index is -4.31. The molecule has 0 saturated carbocycles. The van der Waals surface area contributed by atoms with Gasteiger partial charge in [-0.3, -0.25) is 4.79 Å². The molecule has 0 spiro atoms. The van der Waals surface area contributed by atoms with E-state index in [0.717, 1.165) is 12.8 Å². The molecular weight excluding hydrogens is 273 g/mol. The first kappa shape index (κ1) is 15.6. The molecule has 2 atom stereocenters. The van der Waals surface area contributed by atoms with Gasteiger partial charge in [0.1, 0.15) is 6.61 Å². The molecule has 2 bridgehead atoms. The Labute approximate surface area is 116 Å². The average Bonchev–Trinajstić information content (AvgIpc) is 2.67. The Bertz CT molecular complexity index is 324. The van der Waals surface area contributed by atoms with Crippen LogP contribution in [-0.4, -0.2) is 43.9 Å². The molecule has 2 fully saturated rings. The molecule has 2 aliphatic rings. The number of piperidine rings is 1. The number of rotatable bonds is 6. The van der Waals surface area contributed by atoms with Crippen molar-refractivity contribution in [2.45, 2.75) is 50.4 Å². The van der Waals surface area contributed by atoms with Crippen LogP contribution in [0.3, 0.4) is 0 Å². The summed E-state index contributed by atoms with van der Waals surface area (Å²) < 4.78 is 39.9. The van der Waals surface area contributed by atoms with E-state index in [9.17, 15) is 18.0 Å². The molecule has 4 nitrogen and oxygen atoms in total. The van der Waals surface area contributed by atoms with Crippen molar-refractivity contribution >= 4 is 5.91 Å². The topological polar surface area (TPSA) is 50.4 Å². The highest BCUT2D eigenvalue weighted by molar-refractivity contribution is 5.76. The van der Waals surface area contributed by atoms with Gasteiger partial charge < -0.3 is 15.4 Å². The van der Waals surface area contributed by atoms with E-state index in [1.807, 2.05) is 0 Å². The number of hydrogen-bond acceptors (Lipinski definition) is 3. The van der Waals surface area contributed by atoms with Crippen molar-refractivity contribution in [1.29, 1.82) is 0 Å². The lowest BCUT2D eigenvalue weighted by molar-refractivity contribution is -0.173. The third-order valence-corrected chi connectivity index (χ3v) is 3.88. The summed E-state index contributed by atoms with van der Waals surface area (Å²) >= 11 is 0. The van der Waals surface area contributed by atoms with Gasteiger partial charge in [-0.25, -0.2) is 0 Å². The Kier molecular flexibility index (Phi) is 5.26. The summed E-state index contributed by atoms with van der Waals surface area (Å²) in [4.78, 5) is 11.7. The van der Waals surface area contributed by atoms with Gasteiger partial charge in [-0.2, -0.15) is 13.2 Å². The Morgan fingerprint density at radius 2 is 1.90 bits per heavy atom. The number of halogens is 3. The average molecular weight is 294 g/mol. The van der Waals surface area contributed by atoms with Crippen molar-refractivity contribution < 1.29 is 22.7 Å². The van der Waals surface area contributed by atoms with E-state index < -0.39 is 12.8 Å². The fourth-order valence-electron chi connectivity index (χ4n) is 3.13. The lowest BCUT2D eigenvalue weighted by Crippen LogP contribution is -2.40. The number of ether oxygens (including phenoxy) is 1. The van der Waals surface area contributed by atoms with E-state index in [1.165, 1.54) is 12.8 Å². The zero-order valence-corrected chi connectivity index (χ0v) is 11.3. The molecule has 2 unspecified atom stereocenters. The summed E-state index contributed by atoms with van der Waals surface area (Å²) in [6, 6.07) is 1.09. The highest BCUT2D eigenvalue weighted by Crippen LogP contribution is 2.32. The van der Waals surface area contributed by atoms with Crippen molar-refractivity contribution in [3.63, 3.8) is 0 Å². The molecule has 0 aromatic rings. The van der Waals surface area contributed by atoms with Crippen molar-refractivity contribution in [2.24, 2.45) is 5.92 Å². The van der Waals surface area contributed by atoms with Crippen LogP contribution >= 0.6 is 0 Å². The second-order valence-corrected chi connectivity index (χ2v) is 5.70. The van der Waals surface area contributed by atoms with Crippen LogP contribution in [0.5, 0.6) is 0 Å². The molecule has 7 heteroatoms. The summed E-state index contributed by atoms with van der Waals surface area (Å²) in [7, 11) is 0. The zero-order valence-electron chi connectivity index (χ0n) is 11.3. The van der Waals surface area contributed by atoms with E-state index in [2.05, 4.69) is 15.4 Å². The van der Waals surface area contributed by atoms with Crippen LogP contribution in [0.15, 0.2) is 0 Å². The first-order chi connectivity index (χ1) is 9.42. The van der Waals surface area contributed by atoms with Crippen molar-refractivity contribution in [1.82, 2.24) is 10.6 Å². The molecule has 20 heavy (non-hydrogen) atoms. The smallest absolute Gasteiger partial charge is 0.370 e. The maximum absolute atomic E-state index is 11.8. The molecule has 2 saturated heterocycles. The maximum Gasteiger partial charge on any atom is 0.411 e. The number of carbonyl (C=O) groups is 1. The van der Waals surface area contributed by atoms with Gasteiger partial charge in [-0.05, 0) is 31.6 Å². The lowest BCUT2D eigenvalue weighted by Gasteiger charge is -2.28. The van der Waals surface area contributed by atoms with Gasteiger partial charge >= 0.3 is 6.18 Å². The largest absolute Gasteiger partial charge is 0.411 e. The summed E-state index contributed by atoms with van der Waals surface area (Å²) in [5.41, 5.74) is 0. The molecule has 2 N–H and O–H groups in total. The van der Waals surface area contributed by atoms with Gasteiger partial charge in [-0.1, -0.05) is 0 Å². The van der Waals surface area contributed by atoms with Crippen LogP contribution in [0.2, 0.25) is 0 Å². The van der Waals surface area contributed by atoms with Gasteiger partial charge in [0.2, 0.25) is 5.91 Å². The van der Waals surface area contributed by atoms with Gasteiger partial charge in [0, 0.05) is 25.0 Å². The van der Waals surface area contributed by atoms with Gasteiger partial charge in [0.25, 0.3) is 0 Å². The molecule has 2 heterocycles. The van der Waals surface area contributed by atoms with Crippen LogP contribution in [0.1, 0.15) is 32.1 Å². The highest BCUT2D eigenvalue weighted by Gasteiger charge is 2.34. The summed E-state index contributed by atoms with van der Waals surface area (Å²) in [5.74, 6) is 0.303. The highest BCUT2D eigenvalue weighted by atomic mass is 19.4. The summed E-state index contributed by atoms with van der Waals surface area (Å²) in [6.45, 7) is -1.24. The summed E-state index contributed by atoms with van der Waals surface area (Å²) in [6.07, 6.45) is 0.581. The van der Waals surface area contributed by atoms with E-state index in [-0.39, 0.29) is 19.1 Å².